The Balaban J connectivity index is 1.58. The minimum Gasteiger partial charge on any atom is -0.489 e. The van der Waals surface area contributed by atoms with Gasteiger partial charge in [-0.1, -0.05) is 11.6 Å². The average molecular weight is 514 g/mol. The van der Waals surface area contributed by atoms with Gasteiger partial charge in [0.2, 0.25) is 0 Å². The summed E-state index contributed by atoms with van der Waals surface area (Å²) in [6, 6.07) is 3.36. The monoisotopic (exact) mass is 513 g/mol. The third-order valence-corrected chi connectivity index (χ3v) is 6.50. The SMILES string of the molecule is CN(C)CCC1=CN/C(=C(\C=N)C(=O)N2CCc3[nH]cnc3C2COc2ccc(F)cc2N)C=C1Cl. The first-order valence-electron chi connectivity index (χ1n) is 11.5. The average Bonchev–Trinajstić information content (AvgIpc) is 3.32. The molecule has 0 fully saturated rings. The Morgan fingerprint density at radius 2 is 2.25 bits per heavy atom. The summed E-state index contributed by atoms with van der Waals surface area (Å²) in [6.45, 7) is 1.28. The number of nitrogens with two attached hydrogens (primary N) is 1. The van der Waals surface area contributed by atoms with Crippen LogP contribution >= 0.6 is 11.6 Å². The number of halogens is 2. The van der Waals surface area contributed by atoms with Crippen LogP contribution in [0.4, 0.5) is 10.1 Å². The number of hydrogen-bond acceptors (Lipinski definition) is 7. The van der Waals surface area contributed by atoms with Gasteiger partial charge in [0, 0.05) is 48.7 Å². The Bertz CT molecular complexity index is 1250. The van der Waals surface area contributed by atoms with Crippen molar-refractivity contribution in [1.82, 2.24) is 25.1 Å². The Hall–Kier alpha value is -3.63. The van der Waals surface area contributed by atoms with Gasteiger partial charge >= 0.3 is 0 Å². The lowest BCUT2D eigenvalue weighted by Gasteiger charge is -2.35. The van der Waals surface area contributed by atoms with E-state index in [2.05, 4.69) is 20.2 Å². The number of aromatic nitrogens is 2. The van der Waals surface area contributed by atoms with E-state index in [1.807, 2.05) is 14.1 Å². The largest absolute Gasteiger partial charge is 0.489 e. The Labute approximate surface area is 214 Å². The highest BCUT2D eigenvalue weighted by molar-refractivity contribution is 6.32. The van der Waals surface area contributed by atoms with Gasteiger partial charge in [0.25, 0.3) is 5.91 Å². The summed E-state index contributed by atoms with van der Waals surface area (Å²) in [6.07, 6.45) is 7.39. The molecule has 190 valence electrons. The predicted molar refractivity (Wildman–Crippen MR) is 137 cm³/mol. The first-order valence-corrected chi connectivity index (χ1v) is 11.9. The molecule has 1 aromatic carbocycles. The number of benzene rings is 1. The lowest BCUT2D eigenvalue weighted by Crippen LogP contribution is -2.44. The number of nitrogen functional groups attached to an aromatic ring is 1. The fourth-order valence-corrected chi connectivity index (χ4v) is 4.44. The smallest absolute Gasteiger partial charge is 0.258 e. The zero-order valence-electron chi connectivity index (χ0n) is 20.1. The quantitative estimate of drug-likeness (QED) is 0.244. The fourth-order valence-electron chi connectivity index (χ4n) is 4.18. The minimum absolute atomic E-state index is 0.0542. The van der Waals surface area contributed by atoms with Crippen LogP contribution in [0.15, 0.2) is 58.7 Å². The van der Waals surface area contributed by atoms with Crippen LogP contribution in [0.5, 0.6) is 5.75 Å². The van der Waals surface area contributed by atoms with E-state index in [1.54, 1.807) is 23.5 Å². The molecule has 36 heavy (non-hydrogen) atoms. The van der Waals surface area contributed by atoms with Crippen molar-refractivity contribution in [2.75, 3.05) is 39.5 Å². The number of aromatic amines is 1. The molecule has 0 saturated carbocycles. The lowest BCUT2D eigenvalue weighted by molar-refractivity contribution is -0.130. The maximum Gasteiger partial charge on any atom is 0.258 e. The van der Waals surface area contributed by atoms with Gasteiger partial charge in [0.15, 0.2) is 0 Å². The van der Waals surface area contributed by atoms with Crippen LogP contribution < -0.4 is 15.8 Å². The van der Waals surface area contributed by atoms with E-state index in [4.69, 9.17) is 27.5 Å². The number of H-pyrrole nitrogens is 1. The van der Waals surface area contributed by atoms with Crippen LogP contribution in [0.2, 0.25) is 0 Å². The van der Waals surface area contributed by atoms with E-state index >= 15 is 0 Å². The second kappa shape index (κ2) is 11.0. The first kappa shape index (κ1) is 25.5. The third-order valence-electron chi connectivity index (χ3n) is 6.15. The molecule has 0 aliphatic carbocycles. The molecule has 1 atom stereocenters. The van der Waals surface area contributed by atoms with E-state index < -0.39 is 11.9 Å². The maximum absolute atomic E-state index is 13.7. The van der Waals surface area contributed by atoms with E-state index in [-0.39, 0.29) is 23.8 Å². The highest BCUT2D eigenvalue weighted by Gasteiger charge is 2.35. The number of rotatable bonds is 8. The van der Waals surface area contributed by atoms with Gasteiger partial charge in [-0.05, 0) is 44.3 Å². The molecular formula is C25H29ClFN7O2. The first-order chi connectivity index (χ1) is 17.3. The summed E-state index contributed by atoms with van der Waals surface area (Å²) >= 11 is 6.50. The Morgan fingerprint density at radius 3 is 2.94 bits per heavy atom. The van der Waals surface area contributed by atoms with Crippen LogP contribution in [0.1, 0.15) is 23.9 Å². The molecule has 9 nitrogen and oxygen atoms in total. The number of nitrogens with one attached hydrogen (secondary N) is 3. The second-order valence-electron chi connectivity index (χ2n) is 8.85. The second-order valence-corrected chi connectivity index (χ2v) is 9.26. The molecule has 1 amide bonds. The molecular weight excluding hydrogens is 485 g/mol. The van der Waals surface area contributed by atoms with Gasteiger partial charge in [-0.3, -0.25) is 4.79 Å². The van der Waals surface area contributed by atoms with Crippen LogP contribution in [-0.2, 0) is 11.2 Å². The number of allylic oxidation sites excluding steroid dienone is 2. The summed E-state index contributed by atoms with van der Waals surface area (Å²) < 4.78 is 19.3. The van der Waals surface area contributed by atoms with Crippen molar-refractivity contribution in [2.24, 2.45) is 0 Å². The van der Waals surface area contributed by atoms with Gasteiger partial charge in [-0.2, -0.15) is 0 Å². The van der Waals surface area contributed by atoms with Gasteiger partial charge in [-0.15, -0.1) is 0 Å². The number of amides is 1. The molecule has 5 N–H and O–H groups in total. The molecule has 0 bridgehead atoms. The third kappa shape index (κ3) is 5.44. The number of dihydropyridines is 1. The van der Waals surface area contributed by atoms with Crippen molar-refractivity contribution in [3.63, 3.8) is 0 Å². The van der Waals surface area contributed by atoms with Crippen molar-refractivity contribution in [2.45, 2.75) is 18.9 Å². The van der Waals surface area contributed by atoms with Gasteiger partial charge in [0.1, 0.15) is 24.2 Å². The number of carbonyl (C=O) groups excluding carboxylic acids is 1. The van der Waals surface area contributed by atoms with Gasteiger partial charge in [0.05, 0.1) is 29.0 Å². The molecule has 2 aromatic rings. The van der Waals surface area contributed by atoms with Crippen LogP contribution in [0.3, 0.4) is 0 Å². The number of nitrogens with zero attached hydrogens (tertiary/aromatic N) is 3. The molecule has 2 aliphatic heterocycles. The van der Waals surface area contributed by atoms with Crippen molar-refractivity contribution in [3.8, 4) is 5.75 Å². The van der Waals surface area contributed by atoms with E-state index in [9.17, 15) is 9.18 Å². The molecule has 4 rings (SSSR count). The lowest BCUT2D eigenvalue weighted by atomic mass is 10.0. The summed E-state index contributed by atoms with van der Waals surface area (Å²) in [4.78, 5) is 24.9. The topological polar surface area (TPSA) is 123 Å². The number of anilines is 1. The van der Waals surface area contributed by atoms with Gasteiger partial charge < -0.3 is 36.0 Å². The molecule has 11 heteroatoms. The summed E-state index contributed by atoms with van der Waals surface area (Å²) in [5.41, 5.74) is 9.19. The summed E-state index contributed by atoms with van der Waals surface area (Å²) in [5, 5.41) is 11.6. The standard InChI is InChI=1S/C25H29ClFN7O2/c1-33(2)7-5-15-12-30-21(10-18(15)26)17(11-28)25(35)34-8-6-20-24(32-14-31-20)22(34)13-36-23-4-3-16(27)9-19(23)29/h3-4,9-12,14,22,28,30H,5-8,13,29H2,1-2H3,(H,31,32)/b21-17+,28-11?. The number of carbonyl (C=O) groups is 1. The molecule has 0 saturated heterocycles. The molecule has 1 aromatic heterocycles. The number of fused-ring (bicyclic) bond motifs is 1. The normalized spacial score (nSPS) is 18.7. The van der Waals surface area contributed by atoms with Crippen molar-refractivity contribution in [3.05, 3.63) is 75.9 Å². The van der Waals surface area contributed by atoms with E-state index in [0.717, 1.165) is 30.4 Å². The van der Waals surface area contributed by atoms with Crippen molar-refractivity contribution < 1.29 is 13.9 Å². The molecule has 0 spiro atoms. The summed E-state index contributed by atoms with van der Waals surface area (Å²) in [5.74, 6) is -0.499. The Morgan fingerprint density at radius 1 is 1.44 bits per heavy atom. The van der Waals surface area contributed by atoms with Crippen LogP contribution in [-0.4, -0.2) is 65.7 Å². The molecule has 0 radical (unpaired) electrons. The number of hydrogen-bond donors (Lipinski definition) is 4. The number of ether oxygens (including phenoxy) is 1. The Kier molecular flexibility index (Phi) is 7.76. The van der Waals surface area contributed by atoms with Crippen molar-refractivity contribution in [1.29, 1.82) is 5.41 Å². The number of imidazole rings is 1. The fraction of sp³-hybridized carbons (Fsp3) is 0.320. The van der Waals surface area contributed by atoms with E-state index in [0.29, 0.717) is 35.1 Å². The van der Waals surface area contributed by atoms with E-state index in [1.165, 1.54) is 18.2 Å². The summed E-state index contributed by atoms with van der Waals surface area (Å²) in [7, 11) is 3.97. The van der Waals surface area contributed by atoms with Crippen LogP contribution in [0, 0.1) is 11.2 Å². The zero-order chi connectivity index (χ0) is 25.8. The minimum atomic E-state index is -0.540. The predicted octanol–water partition coefficient (Wildman–Crippen LogP) is 3.10. The van der Waals surface area contributed by atoms with Gasteiger partial charge in [-0.25, -0.2) is 9.37 Å². The zero-order valence-corrected chi connectivity index (χ0v) is 20.9. The van der Waals surface area contributed by atoms with Crippen LogP contribution in [0.25, 0.3) is 0 Å². The van der Waals surface area contributed by atoms with Crippen molar-refractivity contribution >= 4 is 29.4 Å². The maximum atomic E-state index is 13.7. The molecule has 3 heterocycles. The molecule has 2 aliphatic rings. The highest BCUT2D eigenvalue weighted by Crippen LogP contribution is 2.32. The molecule has 1 unspecified atom stereocenters. The highest BCUT2D eigenvalue weighted by atomic mass is 35.5.